The Morgan fingerprint density at radius 1 is 1.12 bits per heavy atom. The summed E-state index contributed by atoms with van der Waals surface area (Å²) in [6, 6.07) is 9.63. The van der Waals surface area contributed by atoms with Gasteiger partial charge in [-0.15, -0.1) is 0 Å². The second-order valence-corrected chi connectivity index (χ2v) is 12.3. The van der Waals surface area contributed by atoms with Crippen LogP contribution in [0.3, 0.4) is 0 Å². The molecule has 0 radical (unpaired) electrons. The summed E-state index contributed by atoms with van der Waals surface area (Å²) in [6.45, 7) is 11.2. The zero-order valence-electron chi connectivity index (χ0n) is 21.2. The molecular weight excluding hydrogens is 427 g/mol. The fraction of sp³-hybridized carbons (Fsp3) is 0.704. The summed E-state index contributed by atoms with van der Waals surface area (Å²) in [5, 5.41) is 6.25. The molecule has 6 rings (SSSR count). The molecule has 1 heterocycles. The number of nitrogens with one attached hydrogen (secondary N) is 2. The van der Waals surface area contributed by atoms with E-state index >= 15 is 0 Å². The second kappa shape index (κ2) is 8.37. The normalized spacial score (nSPS) is 33.0. The van der Waals surface area contributed by atoms with E-state index in [0.29, 0.717) is 30.6 Å². The van der Waals surface area contributed by atoms with Crippen molar-refractivity contribution in [3.8, 4) is 0 Å². The molecule has 2 N–H and O–H groups in total. The Labute approximate surface area is 204 Å². The van der Waals surface area contributed by atoms with Crippen LogP contribution in [0.2, 0.25) is 0 Å². The molecule has 4 saturated carbocycles. The van der Waals surface area contributed by atoms with Crippen LogP contribution in [0, 0.1) is 23.2 Å². The summed E-state index contributed by atoms with van der Waals surface area (Å²) in [4.78, 5) is 26.1. The third-order valence-corrected chi connectivity index (χ3v) is 9.11. The Morgan fingerprint density at radius 2 is 1.82 bits per heavy atom. The van der Waals surface area contributed by atoms with Crippen molar-refractivity contribution in [3.05, 3.63) is 35.9 Å². The molecule has 5 atom stereocenters. The maximum Gasteiger partial charge on any atom is 0.481 e. The lowest BCUT2D eigenvalue weighted by atomic mass is 9.43. The first kappa shape index (κ1) is 23.9. The van der Waals surface area contributed by atoms with Gasteiger partial charge in [0.1, 0.15) is 5.54 Å². The molecule has 1 aromatic rings. The van der Waals surface area contributed by atoms with E-state index in [1.54, 1.807) is 0 Å². The standard InChI is InChI=1S/C27H39BN2O4/c1-17(2)13-22(28-33-21-16-19-15-20(25(19,3)4)26(21,5)34-28)29-24(32)27(11-12-27)30-23(31)14-18-9-7-6-8-10-18/h6-10,17,19-22H,11-16H2,1-5H3,(H,29,32)(H,30,31)/t19-,20-,21+,22-,26-/m0/s1. The third kappa shape index (κ3) is 4.09. The van der Waals surface area contributed by atoms with Crippen molar-refractivity contribution in [2.24, 2.45) is 23.2 Å². The molecule has 1 aliphatic heterocycles. The predicted molar refractivity (Wildman–Crippen MR) is 132 cm³/mol. The molecule has 7 heteroatoms. The van der Waals surface area contributed by atoms with Gasteiger partial charge in [0.25, 0.3) is 0 Å². The molecule has 1 saturated heterocycles. The lowest BCUT2D eigenvalue weighted by Gasteiger charge is -2.64. The highest BCUT2D eigenvalue weighted by Gasteiger charge is 2.68. The van der Waals surface area contributed by atoms with Gasteiger partial charge in [0, 0.05) is 0 Å². The molecule has 0 aromatic heterocycles. The van der Waals surface area contributed by atoms with Gasteiger partial charge < -0.3 is 19.9 Å². The second-order valence-electron chi connectivity index (χ2n) is 12.3. The van der Waals surface area contributed by atoms with Crippen molar-refractivity contribution in [1.82, 2.24) is 10.6 Å². The van der Waals surface area contributed by atoms with Crippen LogP contribution in [0.1, 0.15) is 72.3 Å². The number of carbonyl (C=O) groups excluding carboxylic acids is 2. The maximum atomic E-state index is 13.4. The molecule has 6 nitrogen and oxygen atoms in total. The van der Waals surface area contributed by atoms with Crippen molar-refractivity contribution in [2.45, 2.75) is 96.3 Å². The summed E-state index contributed by atoms with van der Waals surface area (Å²) >= 11 is 0. The fourth-order valence-corrected chi connectivity index (χ4v) is 6.75. The lowest BCUT2D eigenvalue weighted by Crippen LogP contribution is -2.65. The first-order valence-corrected chi connectivity index (χ1v) is 13.0. The van der Waals surface area contributed by atoms with E-state index in [9.17, 15) is 9.59 Å². The molecule has 34 heavy (non-hydrogen) atoms. The average Bonchev–Trinajstić information content (AvgIpc) is 3.45. The SMILES string of the molecule is CC(C)C[C@H](NC(=O)C1(NC(=O)Cc2ccccc2)CC1)B1O[C@@H]2C[C@@H]3C[C@@H](C3(C)C)[C@]2(C)O1. The molecule has 0 unspecified atom stereocenters. The van der Waals surface area contributed by atoms with Crippen LogP contribution in [0.4, 0.5) is 0 Å². The van der Waals surface area contributed by atoms with Gasteiger partial charge in [-0.05, 0) is 67.8 Å². The largest absolute Gasteiger partial charge is 0.481 e. The van der Waals surface area contributed by atoms with Crippen LogP contribution in [0.5, 0.6) is 0 Å². The van der Waals surface area contributed by atoms with Gasteiger partial charge in [0.15, 0.2) is 0 Å². The Hall–Kier alpha value is -1.86. The number of hydrogen-bond donors (Lipinski definition) is 2. The van der Waals surface area contributed by atoms with Crippen LogP contribution in [0.25, 0.3) is 0 Å². The number of benzene rings is 1. The van der Waals surface area contributed by atoms with Crippen molar-refractivity contribution in [2.75, 3.05) is 0 Å². The molecule has 2 amide bonds. The van der Waals surface area contributed by atoms with Gasteiger partial charge in [0.05, 0.1) is 24.1 Å². The van der Waals surface area contributed by atoms with E-state index in [2.05, 4.69) is 45.3 Å². The molecule has 184 valence electrons. The minimum atomic E-state index is -0.806. The van der Waals surface area contributed by atoms with Crippen molar-refractivity contribution >= 4 is 18.9 Å². The van der Waals surface area contributed by atoms with E-state index in [-0.39, 0.29) is 41.3 Å². The van der Waals surface area contributed by atoms with Crippen LogP contribution in [0.15, 0.2) is 30.3 Å². The summed E-state index contributed by atoms with van der Waals surface area (Å²) < 4.78 is 13.2. The van der Waals surface area contributed by atoms with Crippen LogP contribution < -0.4 is 10.6 Å². The highest BCUT2D eigenvalue weighted by atomic mass is 16.7. The summed E-state index contributed by atoms with van der Waals surface area (Å²) in [5.74, 6) is 1.08. The average molecular weight is 466 g/mol. The Kier molecular flexibility index (Phi) is 5.88. The van der Waals surface area contributed by atoms with Crippen LogP contribution in [-0.2, 0) is 25.3 Å². The highest BCUT2D eigenvalue weighted by Crippen LogP contribution is 2.65. The fourth-order valence-electron chi connectivity index (χ4n) is 6.75. The van der Waals surface area contributed by atoms with Gasteiger partial charge >= 0.3 is 7.12 Å². The monoisotopic (exact) mass is 466 g/mol. The van der Waals surface area contributed by atoms with Crippen molar-refractivity contribution < 1.29 is 18.9 Å². The quantitative estimate of drug-likeness (QED) is 0.574. The Balaban J connectivity index is 1.25. The molecule has 0 spiro atoms. The summed E-state index contributed by atoms with van der Waals surface area (Å²) in [6.07, 6.45) is 4.69. The number of rotatable bonds is 8. The van der Waals surface area contributed by atoms with Gasteiger partial charge in [-0.3, -0.25) is 9.59 Å². The molecule has 5 aliphatic rings. The summed E-state index contributed by atoms with van der Waals surface area (Å²) in [5.41, 5.74) is 0.115. The van der Waals surface area contributed by atoms with Crippen molar-refractivity contribution in [3.63, 3.8) is 0 Å². The van der Waals surface area contributed by atoms with E-state index in [0.717, 1.165) is 18.4 Å². The predicted octanol–water partition coefficient (Wildman–Crippen LogP) is 3.68. The number of amides is 2. The van der Waals surface area contributed by atoms with E-state index in [4.69, 9.17) is 9.31 Å². The number of carbonyl (C=O) groups is 2. The van der Waals surface area contributed by atoms with Gasteiger partial charge in [-0.2, -0.15) is 0 Å². The molecule has 1 aromatic carbocycles. The first-order valence-electron chi connectivity index (χ1n) is 13.0. The topological polar surface area (TPSA) is 76.7 Å². The Morgan fingerprint density at radius 3 is 2.44 bits per heavy atom. The minimum absolute atomic E-state index is 0.0845. The molecule has 4 aliphatic carbocycles. The molecule has 5 fully saturated rings. The summed E-state index contributed by atoms with van der Waals surface area (Å²) in [7, 11) is -0.452. The molecule has 2 bridgehead atoms. The van der Waals surface area contributed by atoms with Gasteiger partial charge in [-0.25, -0.2) is 0 Å². The third-order valence-electron chi connectivity index (χ3n) is 9.11. The number of hydrogen-bond acceptors (Lipinski definition) is 4. The highest BCUT2D eigenvalue weighted by molar-refractivity contribution is 6.48. The van der Waals surface area contributed by atoms with Crippen molar-refractivity contribution in [1.29, 1.82) is 0 Å². The zero-order valence-corrected chi connectivity index (χ0v) is 21.2. The van der Waals surface area contributed by atoms with Gasteiger partial charge in [-0.1, -0.05) is 58.0 Å². The van der Waals surface area contributed by atoms with E-state index in [1.807, 2.05) is 30.3 Å². The smallest absolute Gasteiger partial charge is 0.404 e. The van der Waals surface area contributed by atoms with Crippen LogP contribution >= 0.6 is 0 Å². The Bertz CT molecular complexity index is 947. The van der Waals surface area contributed by atoms with Crippen LogP contribution in [-0.4, -0.2) is 42.1 Å². The minimum Gasteiger partial charge on any atom is -0.404 e. The molecular formula is C27H39BN2O4. The van der Waals surface area contributed by atoms with E-state index in [1.165, 1.54) is 6.42 Å². The first-order chi connectivity index (χ1) is 16.0. The van der Waals surface area contributed by atoms with E-state index < -0.39 is 12.7 Å². The lowest BCUT2D eigenvalue weighted by molar-refractivity contribution is -0.199. The zero-order chi connectivity index (χ0) is 24.3. The maximum absolute atomic E-state index is 13.4. The van der Waals surface area contributed by atoms with Gasteiger partial charge in [0.2, 0.25) is 11.8 Å².